The Balaban J connectivity index is 0.00000182. The summed E-state index contributed by atoms with van der Waals surface area (Å²) in [6.45, 7) is 6.29. The van der Waals surface area contributed by atoms with Crippen molar-refractivity contribution in [2.75, 3.05) is 38.5 Å². The van der Waals surface area contributed by atoms with Gasteiger partial charge < -0.3 is 9.45 Å². The SMILES string of the molecule is Cl.Cl.[O-][S+](CCCN1CCN(Cc2ccccc2)CC1)c1ccc(F)cc1. The van der Waals surface area contributed by atoms with Gasteiger partial charge in [-0.25, -0.2) is 4.39 Å². The normalized spacial score (nSPS) is 16.2. The fourth-order valence-electron chi connectivity index (χ4n) is 3.14. The smallest absolute Gasteiger partial charge is 0.152 e. The summed E-state index contributed by atoms with van der Waals surface area (Å²) in [6, 6.07) is 16.6. The molecule has 7 heteroatoms. The van der Waals surface area contributed by atoms with Gasteiger partial charge in [-0.1, -0.05) is 30.3 Å². The highest BCUT2D eigenvalue weighted by Crippen LogP contribution is 2.14. The van der Waals surface area contributed by atoms with Gasteiger partial charge in [0.05, 0.1) is 0 Å². The third-order valence-electron chi connectivity index (χ3n) is 4.59. The number of hydrogen-bond donors (Lipinski definition) is 0. The molecule has 2 aromatic rings. The van der Waals surface area contributed by atoms with Gasteiger partial charge >= 0.3 is 0 Å². The summed E-state index contributed by atoms with van der Waals surface area (Å²) in [5, 5.41) is 0. The summed E-state index contributed by atoms with van der Waals surface area (Å²) in [6.07, 6.45) is 0.905. The Labute approximate surface area is 176 Å². The molecule has 0 aliphatic carbocycles. The van der Waals surface area contributed by atoms with Crippen LogP contribution in [0.4, 0.5) is 4.39 Å². The third-order valence-corrected chi connectivity index (χ3v) is 6.05. The number of nitrogens with zero attached hydrogens (tertiary/aromatic N) is 2. The maximum atomic E-state index is 12.9. The zero-order valence-electron chi connectivity index (χ0n) is 15.3. The first-order valence-electron chi connectivity index (χ1n) is 8.83. The maximum absolute atomic E-state index is 12.9. The van der Waals surface area contributed by atoms with E-state index in [1.54, 1.807) is 12.1 Å². The number of hydrogen-bond acceptors (Lipinski definition) is 3. The predicted octanol–water partition coefficient (Wildman–Crippen LogP) is 3.98. The first-order chi connectivity index (χ1) is 12.2. The van der Waals surface area contributed by atoms with Gasteiger partial charge in [-0.05, 0) is 41.0 Å². The summed E-state index contributed by atoms with van der Waals surface area (Å²) in [7, 11) is 0. The van der Waals surface area contributed by atoms with Crippen LogP contribution in [0.1, 0.15) is 12.0 Å². The Bertz CT molecular complexity index is 640. The van der Waals surface area contributed by atoms with Crippen LogP contribution in [0.25, 0.3) is 0 Å². The van der Waals surface area contributed by atoms with Gasteiger partial charge in [0.15, 0.2) is 4.90 Å². The largest absolute Gasteiger partial charge is 0.611 e. The van der Waals surface area contributed by atoms with E-state index < -0.39 is 11.2 Å². The lowest BCUT2D eigenvalue weighted by Crippen LogP contribution is -2.46. The Hall–Kier alpha value is -0.820. The Kier molecular flexibility index (Phi) is 11.3. The van der Waals surface area contributed by atoms with Crippen molar-refractivity contribution in [1.82, 2.24) is 9.80 Å². The van der Waals surface area contributed by atoms with Gasteiger partial charge in [0.2, 0.25) is 0 Å². The number of rotatable bonds is 7. The van der Waals surface area contributed by atoms with Crippen LogP contribution in [0.15, 0.2) is 59.5 Å². The van der Waals surface area contributed by atoms with Gasteiger partial charge in [0.1, 0.15) is 11.6 Å². The average molecular weight is 433 g/mol. The molecule has 1 unspecified atom stereocenters. The van der Waals surface area contributed by atoms with Crippen LogP contribution in [0.2, 0.25) is 0 Å². The molecule has 1 fully saturated rings. The molecule has 1 aliphatic rings. The summed E-state index contributed by atoms with van der Waals surface area (Å²) in [4.78, 5) is 5.65. The molecular weight excluding hydrogens is 406 g/mol. The number of piperazine rings is 1. The molecule has 0 amide bonds. The van der Waals surface area contributed by atoms with E-state index in [2.05, 4.69) is 40.1 Å². The van der Waals surface area contributed by atoms with Crippen molar-refractivity contribution < 1.29 is 8.94 Å². The molecule has 0 bridgehead atoms. The van der Waals surface area contributed by atoms with Crippen LogP contribution >= 0.6 is 24.8 Å². The molecule has 0 N–H and O–H groups in total. The lowest BCUT2D eigenvalue weighted by Gasteiger charge is -2.34. The first kappa shape index (κ1) is 24.2. The van der Waals surface area contributed by atoms with E-state index >= 15 is 0 Å². The first-order valence-corrected chi connectivity index (χ1v) is 10.2. The summed E-state index contributed by atoms with van der Waals surface area (Å²) >= 11 is -1.03. The fraction of sp³-hybridized carbons (Fsp3) is 0.400. The van der Waals surface area contributed by atoms with Gasteiger partial charge in [-0.15, -0.1) is 24.8 Å². The Morgan fingerprint density at radius 1 is 0.852 bits per heavy atom. The molecule has 3 nitrogen and oxygen atoms in total. The molecule has 1 saturated heterocycles. The van der Waals surface area contributed by atoms with E-state index in [1.165, 1.54) is 17.7 Å². The van der Waals surface area contributed by atoms with Crippen molar-refractivity contribution >= 4 is 36.0 Å². The average Bonchev–Trinajstić information content (AvgIpc) is 2.64. The van der Waals surface area contributed by atoms with E-state index in [9.17, 15) is 8.94 Å². The van der Waals surface area contributed by atoms with Crippen molar-refractivity contribution in [3.8, 4) is 0 Å². The predicted molar refractivity (Wildman–Crippen MR) is 115 cm³/mol. The van der Waals surface area contributed by atoms with Gasteiger partial charge in [-0.2, -0.15) is 0 Å². The molecule has 27 heavy (non-hydrogen) atoms. The van der Waals surface area contributed by atoms with Gasteiger partial charge in [0.25, 0.3) is 0 Å². The minimum absolute atomic E-state index is 0. The molecule has 0 spiro atoms. The second kappa shape index (κ2) is 12.6. The zero-order valence-corrected chi connectivity index (χ0v) is 17.7. The van der Waals surface area contributed by atoms with E-state index in [0.29, 0.717) is 10.6 Å². The van der Waals surface area contributed by atoms with Crippen molar-refractivity contribution in [1.29, 1.82) is 0 Å². The highest BCUT2D eigenvalue weighted by Gasteiger charge is 2.18. The summed E-state index contributed by atoms with van der Waals surface area (Å²) in [5.74, 6) is 0.352. The summed E-state index contributed by atoms with van der Waals surface area (Å²) in [5.41, 5.74) is 1.37. The Morgan fingerprint density at radius 2 is 1.44 bits per heavy atom. The molecule has 3 rings (SSSR count). The fourth-order valence-corrected chi connectivity index (χ4v) is 4.20. The highest BCUT2D eigenvalue weighted by molar-refractivity contribution is 7.91. The minimum atomic E-state index is -1.03. The van der Waals surface area contributed by atoms with Crippen LogP contribution in [-0.4, -0.2) is 52.8 Å². The van der Waals surface area contributed by atoms with Crippen molar-refractivity contribution in [3.05, 3.63) is 66.0 Å². The topological polar surface area (TPSA) is 29.5 Å². The highest BCUT2D eigenvalue weighted by atomic mass is 35.5. The van der Waals surface area contributed by atoms with Crippen molar-refractivity contribution in [3.63, 3.8) is 0 Å². The van der Waals surface area contributed by atoms with Gasteiger partial charge in [-0.3, -0.25) is 4.90 Å². The van der Waals surface area contributed by atoms with Crippen LogP contribution in [-0.2, 0) is 17.7 Å². The van der Waals surface area contributed by atoms with Gasteiger partial charge in [0, 0.05) is 45.7 Å². The molecule has 0 saturated carbocycles. The van der Waals surface area contributed by atoms with Crippen LogP contribution in [0, 0.1) is 5.82 Å². The Morgan fingerprint density at radius 3 is 2.07 bits per heavy atom. The lowest BCUT2D eigenvalue weighted by molar-refractivity contribution is 0.127. The van der Waals surface area contributed by atoms with Crippen molar-refractivity contribution in [2.45, 2.75) is 17.9 Å². The molecule has 0 radical (unpaired) electrons. The van der Waals surface area contributed by atoms with E-state index in [1.807, 2.05) is 0 Å². The number of benzene rings is 2. The quantitative estimate of drug-likeness (QED) is 0.619. The molecule has 1 atom stereocenters. The standard InChI is InChI=1S/C20H25FN2OS.2ClH/c21-19-7-9-20(10-8-19)25(24)16-4-11-22-12-14-23(15-13-22)17-18-5-2-1-3-6-18;;/h1-3,5-10H,4,11-17H2;2*1H. The molecule has 0 aromatic heterocycles. The molecule has 150 valence electrons. The molecule has 2 aromatic carbocycles. The molecular formula is C20H27Cl2FN2OS. The minimum Gasteiger partial charge on any atom is -0.611 e. The van der Waals surface area contributed by atoms with Crippen molar-refractivity contribution in [2.24, 2.45) is 0 Å². The monoisotopic (exact) mass is 432 g/mol. The lowest BCUT2D eigenvalue weighted by atomic mass is 10.2. The number of halogens is 3. The van der Waals surface area contributed by atoms with Crippen LogP contribution in [0.5, 0.6) is 0 Å². The second-order valence-corrected chi connectivity index (χ2v) is 8.03. The van der Waals surface area contributed by atoms with Crippen LogP contribution in [0.3, 0.4) is 0 Å². The summed E-state index contributed by atoms with van der Waals surface area (Å²) < 4.78 is 25.1. The molecule has 1 aliphatic heterocycles. The zero-order chi connectivity index (χ0) is 17.5. The maximum Gasteiger partial charge on any atom is 0.152 e. The molecule has 1 heterocycles. The van der Waals surface area contributed by atoms with E-state index in [4.69, 9.17) is 0 Å². The third kappa shape index (κ3) is 7.98. The van der Waals surface area contributed by atoms with Crippen LogP contribution < -0.4 is 0 Å². The van der Waals surface area contributed by atoms with E-state index in [0.717, 1.165) is 45.7 Å². The second-order valence-electron chi connectivity index (χ2n) is 6.46. The van der Waals surface area contributed by atoms with E-state index in [-0.39, 0.29) is 30.6 Å².